The molecule has 0 spiro atoms. The number of carbonyl (C=O) groups is 3. The molecule has 3 rings (SSSR count). The molecule has 0 bridgehead atoms. The third kappa shape index (κ3) is 5.50. The lowest BCUT2D eigenvalue weighted by atomic mass is 10.0. The fourth-order valence-corrected chi connectivity index (χ4v) is 4.22. The molecule has 1 N–H and O–H groups in total. The first-order valence-electron chi connectivity index (χ1n) is 10.4. The Balaban J connectivity index is 1.62. The molecular formula is C24H27N3O4S. The van der Waals surface area contributed by atoms with Gasteiger partial charge in [-0.2, -0.15) is 0 Å². The van der Waals surface area contributed by atoms with Gasteiger partial charge in [0.05, 0.1) is 6.42 Å². The standard InChI is InChI=1S/C24H27N3O4S/c1-15(2)22(26-21(29)13-18-8-6-5-7-9-18)23(30)31-14-20(28)19-12-16(3)27(17(19)4)24-25-10-11-32-24/h5-12,15,22H,13-14H2,1-4H3,(H,26,29)/t22-/m0/s1. The van der Waals surface area contributed by atoms with Gasteiger partial charge in [0.1, 0.15) is 6.04 Å². The molecule has 2 heterocycles. The van der Waals surface area contributed by atoms with Gasteiger partial charge in [0.15, 0.2) is 11.7 Å². The zero-order valence-electron chi connectivity index (χ0n) is 18.6. The smallest absolute Gasteiger partial charge is 0.329 e. The summed E-state index contributed by atoms with van der Waals surface area (Å²) in [5, 5.41) is 5.38. The number of Topliss-reactive ketones (excluding diaryl/α,β-unsaturated/α-hetero) is 1. The second kappa shape index (κ2) is 10.4. The van der Waals surface area contributed by atoms with Crippen molar-refractivity contribution in [1.82, 2.24) is 14.9 Å². The number of ether oxygens (including phenoxy) is 1. The van der Waals surface area contributed by atoms with Crippen LogP contribution >= 0.6 is 11.3 Å². The highest BCUT2D eigenvalue weighted by Crippen LogP contribution is 2.22. The quantitative estimate of drug-likeness (QED) is 0.394. The van der Waals surface area contributed by atoms with Crippen LogP contribution in [-0.4, -0.2) is 39.9 Å². The van der Waals surface area contributed by atoms with E-state index in [1.54, 1.807) is 12.3 Å². The number of hydrogen-bond donors (Lipinski definition) is 1. The predicted octanol–water partition coefficient (Wildman–Crippen LogP) is 3.66. The highest BCUT2D eigenvalue weighted by molar-refractivity contribution is 7.12. The molecule has 0 saturated carbocycles. The van der Waals surface area contributed by atoms with Gasteiger partial charge >= 0.3 is 5.97 Å². The van der Waals surface area contributed by atoms with Gasteiger partial charge in [-0.25, -0.2) is 9.78 Å². The van der Waals surface area contributed by atoms with Crippen LogP contribution in [-0.2, 0) is 20.7 Å². The summed E-state index contributed by atoms with van der Waals surface area (Å²) in [7, 11) is 0. The molecule has 7 nitrogen and oxygen atoms in total. The Morgan fingerprint density at radius 3 is 2.50 bits per heavy atom. The Morgan fingerprint density at radius 2 is 1.88 bits per heavy atom. The van der Waals surface area contributed by atoms with Crippen molar-refractivity contribution in [3.8, 4) is 5.13 Å². The molecule has 1 atom stereocenters. The molecule has 1 amide bonds. The summed E-state index contributed by atoms with van der Waals surface area (Å²) >= 11 is 1.48. The lowest BCUT2D eigenvalue weighted by molar-refractivity contribution is -0.148. The molecule has 8 heteroatoms. The second-order valence-corrected chi connectivity index (χ2v) is 8.79. The van der Waals surface area contributed by atoms with Crippen LogP contribution in [0.15, 0.2) is 48.0 Å². The highest BCUT2D eigenvalue weighted by atomic mass is 32.1. The monoisotopic (exact) mass is 453 g/mol. The first-order valence-corrected chi connectivity index (χ1v) is 11.3. The summed E-state index contributed by atoms with van der Waals surface area (Å²) in [6.07, 6.45) is 1.87. The van der Waals surface area contributed by atoms with Crippen molar-refractivity contribution in [3.63, 3.8) is 0 Å². The number of nitrogens with one attached hydrogen (secondary N) is 1. The largest absolute Gasteiger partial charge is 0.456 e. The third-order valence-electron chi connectivity index (χ3n) is 5.13. The Morgan fingerprint density at radius 1 is 1.16 bits per heavy atom. The summed E-state index contributed by atoms with van der Waals surface area (Å²) in [6, 6.07) is 10.2. The van der Waals surface area contributed by atoms with Crippen LogP contribution in [0.1, 0.15) is 41.2 Å². The van der Waals surface area contributed by atoms with E-state index >= 15 is 0 Å². The number of amides is 1. The van der Waals surface area contributed by atoms with Crippen molar-refractivity contribution in [1.29, 1.82) is 0 Å². The van der Waals surface area contributed by atoms with E-state index in [2.05, 4.69) is 10.3 Å². The lowest BCUT2D eigenvalue weighted by Crippen LogP contribution is -2.46. The fourth-order valence-electron chi connectivity index (χ4n) is 3.47. The van der Waals surface area contributed by atoms with E-state index in [9.17, 15) is 14.4 Å². The fraction of sp³-hybridized carbons (Fsp3) is 0.333. The van der Waals surface area contributed by atoms with Crippen LogP contribution in [0, 0.1) is 19.8 Å². The van der Waals surface area contributed by atoms with Gasteiger partial charge in [-0.15, -0.1) is 11.3 Å². The van der Waals surface area contributed by atoms with Gasteiger partial charge in [0, 0.05) is 28.5 Å². The minimum atomic E-state index is -0.832. The molecule has 0 fully saturated rings. The van der Waals surface area contributed by atoms with Gasteiger partial charge in [-0.05, 0) is 31.4 Å². The van der Waals surface area contributed by atoms with Crippen LogP contribution in [0.4, 0.5) is 0 Å². The van der Waals surface area contributed by atoms with Crippen LogP contribution in [0.3, 0.4) is 0 Å². The number of aryl methyl sites for hydroxylation is 1. The first kappa shape index (κ1) is 23.4. The van der Waals surface area contributed by atoms with Crippen LogP contribution in [0.2, 0.25) is 0 Å². The molecule has 0 saturated heterocycles. The molecule has 168 valence electrons. The van der Waals surface area contributed by atoms with Gasteiger partial charge < -0.3 is 10.1 Å². The molecule has 0 aliphatic rings. The van der Waals surface area contributed by atoms with Crippen LogP contribution < -0.4 is 5.32 Å². The third-order valence-corrected chi connectivity index (χ3v) is 5.89. The van der Waals surface area contributed by atoms with E-state index in [0.29, 0.717) is 5.56 Å². The number of rotatable bonds is 9. The van der Waals surface area contributed by atoms with Gasteiger partial charge in [0.2, 0.25) is 11.7 Å². The number of carbonyl (C=O) groups excluding carboxylic acids is 3. The normalized spacial score (nSPS) is 11.9. The Labute approximate surface area is 191 Å². The number of esters is 1. The van der Waals surface area contributed by atoms with E-state index in [1.165, 1.54) is 11.3 Å². The molecule has 0 aliphatic carbocycles. The Hall–Kier alpha value is -3.26. The van der Waals surface area contributed by atoms with Crippen molar-refractivity contribution in [2.45, 2.75) is 40.2 Å². The Kier molecular flexibility index (Phi) is 7.58. The zero-order chi connectivity index (χ0) is 23.3. The summed E-state index contributed by atoms with van der Waals surface area (Å²) < 4.78 is 7.21. The van der Waals surface area contributed by atoms with Crippen molar-refractivity contribution < 1.29 is 19.1 Å². The summed E-state index contributed by atoms with van der Waals surface area (Å²) in [4.78, 5) is 42.1. The summed E-state index contributed by atoms with van der Waals surface area (Å²) in [5.41, 5.74) is 2.96. The summed E-state index contributed by atoms with van der Waals surface area (Å²) in [5.74, 6) is -1.38. The van der Waals surface area contributed by atoms with Gasteiger partial charge in [-0.3, -0.25) is 14.2 Å². The van der Waals surface area contributed by atoms with Crippen LogP contribution in [0.5, 0.6) is 0 Å². The first-order chi connectivity index (χ1) is 15.3. The number of nitrogens with zero attached hydrogens (tertiary/aromatic N) is 2. The zero-order valence-corrected chi connectivity index (χ0v) is 19.4. The number of benzene rings is 1. The molecular weight excluding hydrogens is 426 g/mol. The molecule has 0 unspecified atom stereocenters. The number of ketones is 1. The molecule has 1 aromatic carbocycles. The number of hydrogen-bond acceptors (Lipinski definition) is 6. The van der Waals surface area contributed by atoms with Crippen molar-refractivity contribution in [2.75, 3.05) is 6.61 Å². The van der Waals surface area contributed by atoms with E-state index < -0.39 is 18.6 Å². The van der Waals surface area contributed by atoms with E-state index in [4.69, 9.17) is 4.74 Å². The minimum Gasteiger partial charge on any atom is -0.456 e. The van der Waals surface area contributed by atoms with E-state index in [1.807, 2.05) is 68.0 Å². The second-order valence-electron chi connectivity index (χ2n) is 7.92. The molecule has 0 aliphatic heterocycles. The van der Waals surface area contributed by atoms with Crippen LogP contribution in [0.25, 0.3) is 5.13 Å². The number of thiazole rings is 1. The molecule has 32 heavy (non-hydrogen) atoms. The Bertz CT molecular complexity index is 1090. The SMILES string of the molecule is Cc1cc(C(=O)COC(=O)[C@@H](NC(=O)Cc2ccccc2)C(C)C)c(C)n1-c1nccs1. The summed E-state index contributed by atoms with van der Waals surface area (Å²) in [6.45, 7) is 6.98. The van der Waals surface area contributed by atoms with E-state index in [0.717, 1.165) is 22.1 Å². The maximum atomic E-state index is 12.8. The van der Waals surface area contributed by atoms with Gasteiger partial charge in [-0.1, -0.05) is 44.2 Å². The average molecular weight is 454 g/mol. The number of aromatic nitrogens is 2. The average Bonchev–Trinajstić information content (AvgIpc) is 3.38. The van der Waals surface area contributed by atoms with E-state index in [-0.39, 0.29) is 24.0 Å². The van der Waals surface area contributed by atoms with Crippen molar-refractivity contribution in [3.05, 3.63) is 70.5 Å². The maximum Gasteiger partial charge on any atom is 0.329 e. The van der Waals surface area contributed by atoms with Crippen molar-refractivity contribution in [2.24, 2.45) is 5.92 Å². The lowest BCUT2D eigenvalue weighted by Gasteiger charge is -2.20. The van der Waals surface area contributed by atoms with Crippen molar-refractivity contribution >= 4 is 29.0 Å². The topological polar surface area (TPSA) is 90.3 Å². The maximum absolute atomic E-state index is 12.8. The minimum absolute atomic E-state index is 0.166. The molecule has 2 aromatic heterocycles. The highest BCUT2D eigenvalue weighted by Gasteiger charge is 2.27. The molecule has 0 radical (unpaired) electrons. The molecule has 3 aromatic rings. The predicted molar refractivity (Wildman–Crippen MR) is 123 cm³/mol. The van der Waals surface area contributed by atoms with Gasteiger partial charge in [0.25, 0.3) is 0 Å².